The Morgan fingerprint density at radius 3 is 2.86 bits per heavy atom. The number of amides is 1. The van der Waals surface area contributed by atoms with Gasteiger partial charge in [0.1, 0.15) is 5.82 Å². The normalized spacial score (nSPS) is 12.3. The second kappa shape index (κ2) is 4.39. The van der Waals surface area contributed by atoms with Crippen molar-refractivity contribution in [2.45, 2.75) is 13.0 Å². The highest BCUT2D eigenvalue weighted by molar-refractivity contribution is 6.33. The first-order valence-corrected chi connectivity index (χ1v) is 4.40. The lowest BCUT2D eigenvalue weighted by atomic mass is 10.2. The molecule has 0 saturated heterocycles. The molecule has 3 nitrogen and oxygen atoms in total. The van der Waals surface area contributed by atoms with Crippen LogP contribution in [0.25, 0.3) is 0 Å². The number of nitrogens with two attached hydrogens (primary N) is 1. The van der Waals surface area contributed by atoms with Gasteiger partial charge in [-0.05, 0) is 25.1 Å². The Hall–Kier alpha value is -1.13. The molecule has 0 radical (unpaired) electrons. The van der Waals surface area contributed by atoms with E-state index in [9.17, 15) is 9.18 Å². The van der Waals surface area contributed by atoms with E-state index in [4.69, 9.17) is 17.3 Å². The van der Waals surface area contributed by atoms with Crippen molar-refractivity contribution in [2.75, 3.05) is 5.32 Å². The van der Waals surface area contributed by atoms with Crippen LogP contribution in [0, 0.1) is 5.82 Å². The standard InChI is InChI=1S/C9H10ClFN2O/c1-5(12)9(14)13-8-4-6(11)2-3-7(8)10/h2-5H,12H2,1H3,(H,13,14)/t5-/m1/s1. The van der Waals surface area contributed by atoms with E-state index in [1.807, 2.05) is 0 Å². The summed E-state index contributed by atoms with van der Waals surface area (Å²) in [6, 6.07) is 3.06. The highest BCUT2D eigenvalue weighted by Crippen LogP contribution is 2.22. The number of carbonyl (C=O) groups is 1. The summed E-state index contributed by atoms with van der Waals surface area (Å²) < 4.78 is 12.8. The maximum absolute atomic E-state index is 12.8. The van der Waals surface area contributed by atoms with Crippen molar-refractivity contribution in [2.24, 2.45) is 5.73 Å². The number of nitrogens with one attached hydrogen (secondary N) is 1. The molecule has 76 valence electrons. The molecule has 0 saturated carbocycles. The highest BCUT2D eigenvalue weighted by atomic mass is 35.5. The Morgan fingerprint density at radius 1 is 1.64 bits per heavy atom. The summed E-state index contributed by atoms with van der Waals surface area (Å²) in [5, 5.41) is 2.69. The fraction of sp³-hybridized carbons (Fsp3) is 0.222. The van der Waals surface area contributed by atoms with Gasteiger partial charge in [-0.3, -0.25) is 4.79 Å². The first-order chi connectivity index (χ1) is 6.50. The SMILES string of the molecule is C[C@@H](N)C(=O)Nc1cc(F)ccc1Cl. The largest absolute Gasteiger partial charge is 0.323 e. The van der Waals surface area contributed by atoms with Gasteiger partial charge < -0.3 is 11.1 Å². The quantitative estimate of drug-likeness (QED) is 0.792. The van der Waals surface area contributed by atoms with E-state index in [0.29, 0.717) is 0 Å². The third-order valence-corrected chi connectivity index (χ3v) is 1.93. The zero-order chi connectivity index (χ0) is 10.7. The summed E-state index contributed by atoms with van der Waals surface area (Å²) in [5.41, 5.74) is 5.55. The molecule has 0 aliphatic heterocycles. The van der Waals surface area contributed by atoms with E-state index in [0.717, 1.165) is 6.07 Å². The van der Waals surface area contributed by atoms with Crippen LogP contribution in [0.2, 0.25) is 5.02 Å². The van der Waals surface area contributed by atoms with Crippen LogP contribution in [0.15, 0.2) is 18.2 Å². The van der Waals surface area contributed by atoms with Crippen molar-refractivity contribution < 1.29 is 9.18 Å². The van der Waals surface area contributed by atoms with Gasteiger partial charge in [-0.1, -0.05) is 11.6 Å². The molecular weight excluding hydrogens is 207 g/mol. The Balaban J connectivity index is 2.86. The molecule has 0 aromatic heterocycles. The summed E-state index contributed by atoms with van der Waals surface area (Å²) in [5.74, 6) is -0.869. The number of anilines is 1. The fourth-order valence-electron chi connectivity index (χ4n) is 0.840. The van der Waals surface area contributed by atoms with Gasteiger partial charge in [0.2, 0.25) is 5.91 Å². The molecule has 0 aliphatic rings. The van der Waals surface area contributed by atoms with Gasteiger partial charge in [0, 0.05) is 0 Å². The number of carbonyl (C=O) groups excluding carboxylic acids is 1. The first-order valence-electron chi connectivity index (χ1n) is 4.02. The predicted octanol–water partition coefficient (Wildman–Crippen LogP) is 1.76. The van der Waals surface area contributed by atoms with Gasteiger partial charge >= 0.3 is 0 Å². The van der Waals surface area contributed by atoms with Crippen molar-refractivity contribution in [3.8, 4) is 0 Å². The van der Waals surface area contributed by atoms with E-state index < -0.39 is 17.8 Å². The lowest BCUT2D eigenvalue weighted by molar-refractivity contribution is -0.117. The van der Waals surface area contributed by atoms with Crippen LogP contribution in [0.4, 0.5) is 10.1 Å². The molecule has 0 aliphatic carbocycles. The minimum atomic E-state index is -0.658. The van der Waals surface area contributed by atoms with Gasteiger partial charge in [0.05, 0.1) is 16.8 Å². The van der Waals surface area contributed by atoms with Gasteiger partial charge in [0.25, 0.3) is 0 Å². The van der Waals surface area contributed by atoms with E-state index >= 15 is 0 Å². The van der Waals surface area contributed by atoms with Gasteiger partial charge in [-0.2, -0.15) is 0 Å². The van der Waals surface area contributed by atoms with Crippen molar-refractivity contribution >= 4 is 23.2 Å². The highest BCUT2D eigenvalue weighted by Gasteiger charge is 2.10. The second-order valence-electron chi connectivity index (χ2n) is 2.90. The molecule has 14 heavy (non-hydrogen) atoms. The van der Waals surface area contributed by atoms with Gasteiger partial charge in [-0.15, -0.1) is 0 Å². The number of halogens is 2. The van der Waals surface area contributed by atoms with Crippen molar-refractivity contribution in [1.29, 1.82) is 0 Å². The molecule has 0 unspecified atom stereocenters. The van der Waals surface area contributed by atoms with E-state index in [-0.39, 0.29) is 10.7 Å². The summed E-state index contributed by atoms with van der Waals surface area (Å²) in [7, 11) is 0. The van der Waals surface area contributed by atoms with Crippen LogP contribution >= 0.6 is 11.6 Å². The fourth-order valence-corrected chi connectivity index (χ4v) is 1.00. The minimum Gasteiger partial charge on any atom is -0.323 e. The molecule has 5 heteroatoms. The Morgan fingerprint density at radius 2 is 2.29 bits per heavy atom. The maximum Gasteiger partial charge on any atom is 0.241 e. The van der Waals surface area contributed by atoms with E-state index in [1.54, 1.807) is 0 Å². The van der Waals surface area contributed by atoms with Crippen LogP contribution in [0.5, 0.6) is 0 Å². The van der Waals surface area contributed by atoms with Crippen LogP contribution < -0.4 is 11.1 Å². The third kappa shape index (κ3) is 2.68. The second-order valence-corrected chi connectivity index (χ2v) is 3.31. The Kier molecular flexibility index (Phi) is 3.43. The molecule has 1 aromatic rings. The zero-order valence-electron chi connectivity index (χ0n) is 7.55. The maximum atomic E-state index is 12.8. The molecule has 0 fully saturated rings. The van der Waals surface area contributed by atoms with Crippen LogP contribution in [-0.2, 0) is 4.79 Å². The summed E-state index contributed by atoms with van der Waals surface area (Å²) in [6.45, 7) is 1.53. The average Bonchev–Trinajstić information content (AvgIpc) is 2.11. The average molecular weight is 217 g/mol. The lowest BCUT2D eigenvalue weighted by Gasteiger charge is -2.08. The Labute approximate surface area is 86.0 Å². The molecule has 3 N–H and O–H groups in total. The van der Waals surface area contributed by atoms with Crippen molar-refractivity contribution in [3.63, 3.8) is 0 Å². The lowest BCUT2D eigenvalue weighted by Crippen LogP contribution is -2.32. The molecule has 0 spiro atoms. The number of rotatable bonds is 2. The topological polar surface area (TPSA) is 55.1 Å². The van der Waals surface area contributed by atoms with Crippen molar-refractivity contribution in [3.05, 3.63) is 29.0 Å². The summed E-state index contributed by atoms with van der Waals surface area (Å²) in [6.07, 6.45) is 0. The number of hydrogen-bond acceptors (Lipinski definition) is 2. The zero-order valence-corrected chi connectivity index (χ0v) is 8.31. The van der Waals surface area contributed by atoms with Crippen molar-refractivity contribution in [1.82, 2.24) is 0 Å². The molecule has 1 atom stereocenters. The summed E-state index contributed by atoms with van der Waals surface area (Å²) in [4.78, 5) is 11.2. The van der Waals surface area contributed by atoms with Crippen LogP contribution in [0.1, 0.15) is 6.92 Å². The molecule has 0 bridgehead atoms. The van der Waals surface area contributed by atoms with Crippen LogP contribution in [-0.4, -0.2) is 11.9 Å². The molecular formula is C9H10ClFN2O. The molecule has 0 heterocycles. The summed E-state index contributed by atoms with van der Waals surface area (Å²) >= 11 is 5.72. The molecule has 1 amide bonds. The van der Waals surface area contributed by atoms with Gasteiger partial charge in [-0.25, -0.2) is 4.39 Å². The minimum absolute atomic E-state index is 0.231. The smallest absolute Gasteiger partial charge is 0.241 e. The van der Waals surface area contributed by atoms with Gasteiger partial charge in [0.15, 0.2) is 0 Å². The number of benzene rings is 1. The first kappa shape index (κ1) is 10.9. The van der Waals surface area contributed by atoms with E-state index in [1.165, 1.54) is 19.1 Å². The monoisotopic (exact) mass is 216 g/mol. The van der Waals surface area contributed by atoms with E-state index in [2.05, 4.69) is 5.32 Å². The molecule has 1 aromatic carbocycles. The van der Waals surface area contributed by atoms with Crippen LogP contribution in [0.3, 0.4) is 0 Å². The number of hydrogen-bond donors (Lipinski definition) is 2. The molecule has 1 rings (SSSR count). The predicted molar refractivity (Wildman–Crippen MR) is 53.7 cm³/mol. The third-order valence-electron chi connectivity index (χ3n) is 1.60. The Bertz CT molecular complexity index is 355.